The number of ether oxygens (including phenoxy) is 1. The normalized spacial score (nSPS) is 11.3. The number of para-hydroxylation sites is 1. The molecule has 2 rings (SSSR count). The molecule has 0 aliphatic rings. The van der Waals surface area contributed by atoms with Crippen molar-refractivity contribution in [3.8, 4) is 5.75 Å². The number of carbonyl (C=O) groups excluding carboxylic acids is 2. The quantitative estimate of drug-likeness (QED) is 0.119. The second kappa shape index (κ2) is 15.5. The molecule has 2 aromatic rings. The van der Waals surface area contributed by atoms with E-state index in [2.05, 4.69) is 5.32 Å². The van der Waals surface area contributed by atoms with Crippen molar-refractivity contribution >= 4 is 25.4 Å². The summed E-state index contributed by atoms with van der Waals surface area (Å²) < 4.78 is 33.2. The fourth-order valence-corrected chi connectivity index (χ4v) is 4.44. The Hall–Kier alpha value is -2.51. The molecule has 0 saturated heterocycles. The van der Waals surface area contributed by atoms with Gasteiger partial charge in [-0.25, -0.2) is 4.57 Å². The highest BCUT2D eigenvalue weighted by molar-refractivity contribution is 7.48. The predicted octanol–water partition coefficient (Wildman–Crippen LogP) is 6.55. The van der Waals surface area contributed by atoms with Crippen molar-refractivity contribution in [2.75, 3.05) is 25.1 Å². The Bertz CT molecular complexity index is 968. The molecule has 1 amide bonds. The van der Waals surface area contributed by atoms with Gasteiger partial charge in [-0.1, -0.05) is 37.6 Å². The standard InChI is InChI=1S/C26H36NO7P/c1-4-7-15-25(28)34-24-14-9-8-13-23(24)26(29)27-22-18-16-21(17-19-22)12-10-11-20-33-35(30,31-5-2)32-6-3/h8-9,13-14,16-19H,4-7,10-12,15,20H2,1-3H3,(H,27,29). The number of phosphoric ester groups is 1. The van der Waals surface area contributed by atoms with E-state index in [4.69, 9.17) is 18.3 Å². The highest BCUT2D eigenvalue weighted by atomic mass is 31.2. The van der Waals surface area contributed by atoms with Crippen LogP contribution >= 0.6 is 7.82 Å². The first-order chi connectivity index (χ1) is 16.9. The summed E-state index contributed by atoms with van der Waals surface area (Å²) in [5.41, 5.74) is 2.05. The largest absolute Gasteiger partial charge is 0.474 e. The Morgan fingerprint density at radius 2 is 1.54 bits per heavy atom. The van der Waals surface area contributed by atoms with Crippen LogP contribution in [-0.2, 0) is 29.4 Å². The van der Waals surface area contributed by atoms with E-state index in [-0.39, 0.29) is 37.4 Å². The van der Waals surface area contributed by atoms with Crippen LogP contribution in [0.25, 0.3) is 0 Å². The van der Waals surface area contributed by atoms with Crippen LogP contribution in [-0.4, -0.2) is 31.7 Å². The number of rotatable bonds is 16. The van der Waals surface area contributed by atoms with E-state index in [1.807, 2.05) is 31.2 Å². The average Bonchev–Trinajstić information content (AvgIpc) is 2.84. The van der Waals surface area contributed by atoms with Crippen LogP contribution in [0.1, 0.15) is 68.8 Å². The summed E-state index contributed by atoms with van der Waals surface area (Å²) in [4.78, 5) is 24.8. The monoisotopic (exact) mass is 505 g/mol. The number of unbranched alkanes of at least 4 members (excludes halogenated alkanes) is 2. The Morgan fingerprint density at radius 1 is 0.857 bits per heavy atom. The van der Waals surface area contributed by atoms with Gasteiger partial charge in [0.05, 0.1) is 25.4 Å². The van der Waals surface area contributed by atoms with Gasteiger partial charge in [0.25, 0.3) is 5.91 Å². The molecule has 0 atom stereocenters. The molecule has 35 heavy (non-hydrogen) atoms. The summed E-state index contributed by atoms with van der Waals surface area (Å²) >= 11 is 0. The fourth-order valence-electron chi connectivity index (χ4n) is 3.23. The smallest absolute Gasteiger partial charge is 0.426 e. The molecule has 9 heteroatoms. The number of esters is 1. The number of benzene rings is 2. The third-order valence-corrected chi connectivity index (χ3v) is 6.63. The van der Waals surface area contributed by atoms with Gasteiger partial charge in [0.1, 0.15) is 5.75 Å². The molecule has 0 saturated carbocycles. The van der Waals surface area contributed by atoms with Gasteiger partial charge in [0.15, 0.2) is 0 Å². The van der Waals surface area contributed by atoms with Gasteiger partial charge >= 0.3 is 13.8 Å². The zero-order chi connectivity index (χ0) is 25.5. The van der Waals surface area contributed by atoms with Crippen molar-refractivity contribution in [1.29, 1.82) is 0 Å². The molecule has 0 fully saturated rings. The Morgan fingerprint density at radius 3 is 2.20 bits per heavy atom. The Balaban J connectivity index is 1.83. The summed E-state index contributed by atoms with van der Waals surface area (Å²) in [5, 5.41) is 2.85. The maximum absolute atomic E-state index is 12.8. The van der Waals surface area contributed by atoms with Crippen LogP contribution in [0.15, 0.2) is 48.5 Å². The molecule has 0 spiro atoms. The first-order valence-electron chi connectivity index (χ1n) is 12.1. The first kappa shape index (κ1) is 28.7. The summed E-state index contributed by atoms with van der Waals surface area (Å²) in [6.45, 7) is 6.28. The van der Waals surface area contributed by atoms with Gasteiger partial charge in [-0.3, -0.25) is 23.2 Å². The van der Waals surface area contributed by atoms with E-state index in [1.165, 1.54) is 0 Å². The van der Waals surface area contributed by atoms with Crippen molar-refractivity contribution < 1.29 is 32.5 Å². The van der Waals surface area contributed by atoms with Gasteiger partial charge in [0.2, 0.25) is 0 Å². The molecular formula is C26H36NO7P. The lowest BCUT2D eigenvalue weighted by Gasteiger charge is -2.16. The minimum Gasteiger partial charge on any atom is -0.426 e. The second-order valence-electron chi connectivity index (χ2n) is 7.80. The third-order valence-electron chi connectivity index (χ3n) is 4.99. The van der Waals surface area contributed by atoms with Crippen LogP contribution in [0.4, 0.5) is 5.69 Å². The number of nitrogens with one attached hydrogen (secondary N) is 1. The first-order valence-corrected chi connectivity index (χ1v) is 13.6. The van der Waals surface area contributed by atoms with E-state index in [9.17, 15) is 14.2 Å². The Labute approximate surface area is 207 Å². The summed E-state index contributed by atoms with van der Waals surface area (Å²) in [6.07, 6.45) is 4.30. The lowest BCUT2D eigenvalue weighted by Crippen LogP contribution is -2.16. The number of phosphoric acid groups is 1. The minimum absolute atomic E-state index is 0.253. The van der Waals surface area contributed by atoms with Gasteiger partial charge in [0, 0.05) is 12.1 Å². The molecule has 0 radical (unpaired) electrons. The molecular weight excluding hydrogens is 469 g/mol. The molecule has 0 aromatic heterocycles. The summed E-state index contributed by atoms with van der Waals surface area (Å²) in [5.74, 6) is -0.439. The topological polar surface area (TPSA) is 100 Å². The van der Waals surface area contributed by atoms with Gasteiger partial charge < -0.3 is 10.1 Å². The molecule has 8 nitrogen and oxygen atoms in total. The average molecular weight is 506 g/mol. The molecule has 2 aromatic carbocycles. The SMILES string of the molecule is CCCCC(=O)Oc1ccccc1C(=O)Nc1ccc(CCCCOP(=O)(OCC)OCC)cc1. The zero-order valence-electron chi connectivity index (χ0n) is 20.8. The fraction of sp³-hybridized carbons (Fsp3) is 0.462. The number of hydrogen-bond acceptors (Lipinski definition) is 7. The highest BCUT2D eigenvalue weighted by Gasteiger charge is 2.24. The van der Waals surface area contributed by atoms with Crippen molar-refractivity contribution in [1.82, 2.24) is 0 Å². The number of anilines is 1. The van der Waals surface area contributed by atoms with E-state index in [1.54, 1.807) is 38.1 Å². The number of aryl methyl sites for hydroxylation is 1. The molecule has 192 valence electrons. The van der Waals surface area contributed by atoms with Crippen LogP contribution in [0.3, 0.4) is 0 Å². The molecule has 0 unspecified atom stereocenters. The lowest BCUT2D eigenvalue weighted by molar-refractivity contribution is -0.134. The maximum atomic E-state index is 12.8. The summed E-state index contributed by atoms with van der Waals surface area (Å²) in [6, 6.07) is 14.3. The van der Waals surface area contributed by atoms with Crippen molar-refractivity contribution in [2.45, 2.75) is 59.3 Å². The number of carbonyl (C=O) groups is 2. The third kappa shape index (κ3) is 10.3. The Kier molecular flexibility index (Phi) is 12.7. The van der Waals surface area contributed by atoms with E-state index < -0.39 is 7.82 Å². The van der Waals surface area contributed by atoms with Gasteiger partial charge in [-0.05, 0) is 69.4 Å². The number of hydrogen-bond donors (Lipinski definition) is 1. The molecule has 0 aliphatic carbocycles. The van der Waals surface area contributed by atoms with Crippen LogP contribution in [0.5, 0.6) is 5.75 Å². The molecule has 1 N–H and O–H groups in total. The predicted molar refractivity (Wildman–Crippen MR) is 136 cm³/mol. The zero-order valence-corrected chi connectivity index (χ0v) is 21.7. The van der Waals surface area contributed by atoms with Crippen molar-refractivity contribution in [3.63, 3.8) is 0 Å². The van der Waals surface area contributed by atoms with E-state index >= 15 is 0 Å². The van der Waals surface area contributed by atoms with Gasteiger partial charge in [-0.2, -0.15) is 0 Å². The van der Waals surface area contributed by atoms with Crippen molar-refractivity contribution in [2.24, 2.45) is 0 Å². The molecule has 0 heterocycles. The number of amides is 1. The lowest BCUT2D eigenvalue weighted by atomic mass is 10.1. The summed E-state index contributed by atoms with van der Waals surface area (Å²) in [7, 11) is -3.46. The highest BCUT2D eigenvalue weighted by Crippen LogP contribution is 2.49. The van der Waals surface area contributed by atoms with Crippen LogP contribution in [0.2, 0.25) is 0 Å². The van der Waals surface area contributed by atoms with E-state index in [0.717, 1.165) is 31.2 Å². The molecule has 0 bridgehead atoms. The second-order valence-corrected chi connectivity index (χ2v) is 9.47. The van der Waals surface area contributed by atoms with E-state index in [0.29, 0.717) is 24.1 Å². The van der Waals surface area contributed by atoms with Crippen LogP contribution in [0, 0.1) is 0 Å². The van der Waals surface area contributed by atoms with Gasteiger partial charge in [-0.15, -0.1) is 0 Å². The van der Waals surface area contributed by atoms with Crippen molar-refractivity contribution in [3.05, 3.63) is 59.7 Å². The molecule has 0 aliphatic heterocycles. The minimum atomic E-state index is -3.46. The van der Waals surface area contributed by atoms with Crippen LogP contribution < -0.4 is 10.1 Å². The maximum Gasteiger partial charge on any atom is 0.474 e.